The third-order valence-corrected chi connectivity index (χ3v) is 5.99. The average Bonchev–Trinajstić information content (AvgIpc) is 3.68. The van der Waals surface area contributed by atoms with E-state index in [-0.39, 0.29) is 12.1 Å². The molecule has 0 saturated carbocycles. The zero-order valence-corrected chi connectivity index (χ0v) is 21.0. The smallest absolute Gasteiger partial charge is 0.343 e. The molecule has 0 N–H and O–H groups in total. The molecule has 1 fully saturated rings. The van der Waals surface area contributed by atoms with Gasteiger partial charge >= 0.3 is 11.9 Å². The highest BCUT2D eigenvalue weighted by Gasteiger charge is 2.20. The maximum atomic E-state index is 12.4. The van der Waals surface area contributed by atoms with Gasteiger partial charge in [0.2, 0.25) is 0 Å². The Morgan fingerprint density at radius 1 is 0.857 bits per heavy atom. The summed E-state index contributed by atoms with van der Waals surface area (Å²) in [5, 5.41) is 0. The van der Waals surface area contributed by atoms with Crippen LogP contribution in [0.15, 0.2) is 48.5 Å². The maximum absolute atomic E-state index is 12.4. The van der Waals surface area contributed by atoms with Crippen LogP contribution >= 0.6 is 0 Å². The van der Waals surface area contributed by atoms with Gasteiger partial charge in [-0.05, 0) is 74.7 Å². The minimum atomic E-state index is -0.461. The van der Waals surface area contributed by atoms with Gasteiger partial charge in [-0.3, -0.25) is 0 Å². The van der Waals surface area contributed by atoms with Crippen LogP contribution in [0.5, 0.6) is 11.5 Å². The van der Waals surface area contributed by atoms with E-state index in [0.29, 0.717) is 29.6 Å². The molecule has 1 heterocycles. The predicted molar refractivity (Wildman–Crippen MR) is 135 cm³/mol. The highest BCUT2D eigenvalue weighted by molar-refractivity contribution is 5.92. The van der Waals surface area contributed by atoms with E-state index in [1.54, 1.807) is 48.5 Å². The van der Waals surface area contributed by atoms with Crippen LogP contribution in [-0.2, 0) is 9.47 Å². The average molecular weight is 483 g/mol. The van der Waals surface area contributed by atoms with Crippen molar-refractivity contribution < 1.29 is 28.5 Å². The van der Waals surface area contributed by atoms with E-state index in [1.807, 2.05) is 13.8 Å². The number of benzene rings is 2. The fraction of sp³-hybridized carbons (Fsp3) is 0.517. The van der Waals surface area contributed by atoms with Crippen molar-refractivity contribution >= 4 is 11.9 Å². The number of esters is 2. The predicted octanol–water partition coefficient (Wildman–Crippen LogP) is 6.76. The van der Waals surface area contributed by atoms with Gasteiger partial charge in [-0.25, -0.2) is 9.59 Å². The van der Waals surface area contributed by atoms with Crippen molar-refractivity contribution in [2.45, 2.75) is 83.8 Å². The Kier molecular flexibility index (Phi) is 11.1. The second kappa shape index (κ2) is 14.5. The van der Waals surface area contributed by atoms with Gasteiger partial charge < -0.3 is 18.9 Å². The summed E-state index contributed by atoms with van der Waals surface area (Å²) in [6.45, 7) is 5.56. The molecule has 1 aliphatic heterocycles. The van der Waals surface area contributed by atoms with E-state index >= 15 is 0 Å². The Morgan fingerprint density at radius 3 is 2.06 bits per heavy atom. The van der Waals surface area contributed by atoms with E-state index in [2.05, 4.69) is 0 Å². The Bertz CT molecular complexity index is 902. The van der Waals surface area contributed by atoms with Crippen LogP contribution in [-0.4, -0.2) is 37.4 Å². The molecule has 0 bridgehead atoms. The molecule has 35 heavy (non-hydrogen) atoms. The van der Waals surface area contributed by atoms with E-state index in [0.717, 1.165) is 31.6 Å². The zero-order valence-electron chi connectivity index (χ0n) is 21.0. The number of carbonyl (C=O) groups is 2. The van der Waals surface area contributed by atoms with E-state index in [4.69, 9.17) is 18.9 Å². The Morgan fingerprint density at radius 2 is 1.43 bits per heavy atom. The molecule has 1 aliphatic rings. The first-order valence-electron chi connectivity index (χ1n) is 12.9. The maximum Gasteiger partial charge on any atom is 0.343 e. The van der Waals surface area contributed by atoms with Crippen molar-refractivity contribution in [3.63, 3.8) is 0 Å². The molecule has 0 spiro atoms. The summed E-state index contributed by atoms with van der Waals surface area (Å²) in [6, 6.07) is 13.4. The molecular weight excluding hydrogens is 444 g/mol. The number of carbonyl (C=O) groups excluding carboxylic acids is 2. The summed E-state index contributed by atoms with van der Waals surface area (Å²) in [5.74, 6) is 0.274. The summed E-state index contributed by atoms with van der Waals surface area (Å²) in [7, 11) is 0. The van der Waals surface area contributed by atoms with Crippen LogP contribution in [0, 0.1) is 0 Å². The minimum absolute atomic E-state index is 0.125. The standard InChI is InChI=1S/C29H38O6/c1-3-10-22(2)34-28(30)23-14-18-26(19-15-23)35-29(31)24-12-16-25(17-13-24)32-20-9-7-5-4-6-8-11-27-21-33-27/h12-19,22,27H,3-11,20-21H2,1-2H3/t22-,27?/m1/s1. The molecule has 0 amide bonds. The first kappa shape index (κ1) is 26.7. The van der Waals surface area contributed by atoms with Crippen molar-refractivity contribution in [1.82, 2.24) is 0 Å². The van der Waals surface area contributed by atoms with E-state index in [1.165, 1.54) is 38.5 Å². The van der Waals surface area contributed by atoms with Crippen molar-refractivity contribution in [2.24, 2.45) is 0 Å². The normalized spacial score (nSPS) is 15.3. The first-order chi connectivity index (χ1) is 17.0. The number of ether oxygens (including phenoxy) is 4. The van der Waals surface area contributed by atoms with Gasteiger partial charge in [0.1, 0.15) is 11.5 Å². The molecule has 1 saturated heterocycles. The lowest BCUT2D eigenvalue weighted by atomic mass is 10.1. The third-order valence-electron chi connectivity index (χ3n) is 5.99. The molecule has 2 aromatic carbocycles. The summed E-state index contributed by atoms with van der Waals surface area (Å²) < 4.78 is 21.8. The molecule has 2 aromatic rings. The largest absolute Gasteiger partial charge is 0.494 e. The van der Waals surface area contributed by atoms with Crippen LogP contribution in [0.4, 0.5) is 0 Å². The van der Waals surface area contributed by atoms with Gasteiger partial charge in [-0.15, -0.1) is 0 Å². The Balaban J connectivity index is 1.32. The number of hydrogen-bond donors (Lipinski definition) is 0. The van der Waals surface area contributed by atoms with Gasteiger partial charge in [-0.1, -0.05) is 45.4 Å². The minimum Gasteiger partial charge on any atom is -0.494 e. The van der Waals surface area contributed by atoms with Gasteiger partial charge in [0.15, 0.2) is 0 Å². The number of unbranched alkanes of at least 4 members (excludes halogenated alkanes) is 5. The fourth-order valence-electron chi connectivity index (χ4n) is 3.83. The number of rotatable bonds is 16. The van der Waals surface area contributed by atoms with E-state index < -0.39 is 5.97 Å². The topological polar surface area (TPSA) is 74.4 Å². The van der Waals surface area contributed by atoms with Crippen LogP contribution in [0.1, 0.15) is 92.4 Å². The molecule has 0 radical (unpaired) electrons. The van der Waals surface area contributed by atoms with Crippen LogP contribution in [0.2, 0.25) is 0 Å². The van der Waals surface area contributed by atoms with Gasteiger partial charge in [0.05, 0.1) is 36.5 Å². The molecule has 3 rings (SSSR count). The second-order valence-corrected chi connectivity index (χ2v) is 9.16. The summed E-state index contributed by atoms with van der Waals surface area (Å²) in [4.78, 5) is 24.6. The lowest BCUT2D eigenvalue weighted by Gasteiger charge is -2.12. The highest BCUT2D eigenvalue weighted by Crippen LogP contribution is 2.19. The van der Waals surface area contributed by atoms with Crippen molar-refractivity contribution in [3.8, 4) is 11.5 Å². The lowest BCUT2D eigenvalue weighted by Crippen LogP contribution is -2.14. The summed E-state index contributed by atoms with van der Waals surface area (Å²) >= 11 is 0. The highest BCUT2D eigenvalue weighted by atomic mass is 16.6. The summed E-state index contributed by atoms with van der Waals surface area (Å²) in [6.07, 6.45) is 10.7. The summed E-state index contributed by atoms with van der Waals surface area (Å²) in [5.41, 5.74) is 0.865. The van der Waals surface area contributed by atoms with Crippen molar-refractivity contribution in [2.75, 3.05) is 13.2 Å². The molecule has 0 aliphatic carbocycles. The fourth-order valence-corrected chi connectivity index (χ4v) is 3.83. The van der Waals surface area contributed by atoms with Crippen LogP contribution < -0.4 is 9.47 Å². The molecule has 1 unspecified atom stereocenters. The monoisotopic (exact) mass is 482 g/mol. The quantitative estimate of drug-likeness (QED) is 0.114. The lowest BCUT2D eigenvalue weighted by molar-refractivity contribution is 0.0323. The van der Waals surface area contributed by atoms with Crippen molar-refractivity contribution in [3.05, 3.63) is 59.7 Å². The number of hydrogen-bond acceptors (Lipinski definition) is 6. The first-order valence-corrected chi connectivity index (χ1v) is 12.9. The van der Waals surface area contributed by atoms with Gasteiger partial charge in [0, 0.05) is 0 Å². The third kappa shape index (κ3) is 10.1. The van der Waals surface area contributed by atoms with Crippen LogP contribution in [0.25, 0.3) is 0 Å². The van der Waals surface area contributed by atoms with Crippen molar-refractivity contribution in [1.29, 1.82) is 0 Å². The second-order valence-electron chi connectivity index (χ2n) is 9.16. The Hall–Kier alpha value is -2.86. The van der Waals surface area contributed by atoms with E-state index in [9.17, 15) is 9.59 Å². The molecule has 6 nitrogen and oxygen atoms in total. The molecule has 2 atom stereocenters. The van der Waals surface area contributed by atoms with Crippen LogP contribution in [0.3, 0.4) is 0 Å². The molecular formula is C29H38O6. The zero-order chi connectivity index (χ0) is 24.9. The molecule has 0 aromatic heterocycles. The Labute approximate surface area is 208 Å². The van der Waals surface area contributed by atoms with Gasteiger partial charge in [0.25, 0.3) is 0 Å². The SMILES string of the molecule is CCC[C@@H](C)OC(=O)c1ccc(OC(=O)c2ccc(OCCCCCCCCC3CO3)cc2)cc1. The molecule has 190 valence electrons. The van der Waals surface area contributed by atoms with Gasteiger partial charge in [-0.2, -0.15) is 0 Å². The molecule has 6 heteroatoms. The number of epoxide rings is 1.